The number of hydrogen-bond donors (Lipinski definition) is 1. The zero-order valence-electron chi connectivity index (χ0n) is 18.9. The summed E-state index contributed by atoms with van der Waals surface area (Å²) in [5.41, 5.74) is 4.87. The minimum absolute atomic E-state index is 0.0351. The van der Waals surface area contributed by atoms with Gasteiger partial charge in [0.2, 0.25) is 0 Å². The molecule has 170 valence electrons. The van der Waals surface area contributed by atoms with Crippen molar-refractivity contribution in [3.8, 4) is 0 Å². The third kappa shape index (κ3) is 4.75. The van der Waals surface area contributed by atoms with Crippen molar-refractivity contribution in [1.29, 1.82) is 0 Å². The van der Waals surface area contributed by atoms with Crippen LogP contribution in [-0.4, -0.2) is 31.4 Å². The monoisotopic (exact) mass is 445 g/mol. The van der Waals surface area contributed by atoms with Crippen LogP contribution in [0.15, 0.2) is 77.1 Å². The van der Waals surface area contributed by atoms with Crippen molar-refractivity contribution in [2.24, 2.45) is 0 Å². The van der Waals surface area contributed by atoms with E-state index in [1.807, 2.05) is 37.3 Å². The van der Waals surface area contributed by atoms with E-state index in [4.69, 9.17) is 9.47 Å². The molecule has 0 bridgehead atoms. The van der Waals surface area contributed by atoms with Crippen LogP contribution in [0.2, 0.25) is 0 Å². The lowest BCUT2D eigenvalue weighted by Crippen LogP contribution is -2.34. The fourth-order valence-electron chi connectivity index (χ4n) is 4.50. The van der Waals surface area contributed by atoms with E-state index in [9.17, 15) is 14.4 Å². The number of esters is 2. The molecule has 0 spiro atoms. The van der Waals surface area contributed by atoms with Gasteiger partial charge in [0.25, 0.3) is 0 Å². The van der Waals surface area contributed by atoms with Crippen LogP contribution >= 0.6 is 0 Å². The predicted octanol–water partition coefficient (Wildman–Crippen LogP) is 4.23. The van der Waals surface area contributed by atoms with Crippen LogP contribution in [0.25, 0.3) is 0 Å². The Labute approximate surface area is 193 Å². The van der Waals surface area contributed by atoms with Crippen molar-refractivity contribution in [3.63, 3.8) is 0 Å². The number of benzene rings is 2. The highest BCUT2D eigenvalue weighted by Crippen LogP contribution is 2.42. The summed E-state index contributed by atoms with van der Waals surface area (Å²) >= 11 is 0. The molecule has 0 radical (unpaired) electrons. The van der Waals surface area contributed by atoms with Crippen LogP contribution < -0.4 is 5.32 Å². The first-order valence-corrected chi connectivity index (χ1v) is 11.1. The van der Waals surface area contributed by atoms with Gasteiger partial charge in [-0.1, -0.05) is 42.5 Å². The smallest absolute Gasteiger partial charge is 0.337 e. The van der Waals surface area contributed by atoms with Gasteiger partial charge in [-0.15, -0.1) is 0 Å². The number of nitrogens with one attached hydrogen (secondary N) is 1. The minimum atomic E-state index is -0.537. The minimum Gasteiger partial charge on any atom is -0.465 e. The Bertz CT molecular complexity index is 1130. The van der Waals surface area contributed by atoms with Crippen LogP contribution in [0, 0.1) is 0 Å². The molecular weight excluding hydrogens is 418 g/mol. The summed E-state index contributed by atoms with van der Waals surface area (Å²) in [6, 6.07) is 16.7. The summed E-state index contributed by atoms with van der Waals surface area (Å²) < 4.78 is 10.4. The average Bonchev–Trinajstić information content (AvgIpc) is 2.83. The second-order valence-electron chi connectivity index (χ2n) is 8.25. The van der Waals surface area contributed by atoms with Crippen molar-refractivity contribution in [1.82, 2.24) is 5.32 Å². The van der Waals surface area contributed by atoms with E-state index >= 15 is 0 Å². The molecule has 6 nitrogen and oxygen atoms in total. The maximum atomic E-state index is 13.3. The van der Waals surface area contributed by atoms with E-state index in [0.29, 0.717) is 35.2 Å². The van der Waals surface area contributed by atoms with E-state index in [2.05, 4.69) is 5.32 Å². The number of Topliss-reactive ketones (excluding diaryl/α,β-unsaturated/α-hetero) is 1. The quantitative estimate of drug-likeness (QED) is 0.671. The number of ketones is 1. The molecule has 0 unspecified atom stereocenters. The summed E-state index contributed by atoms with van der Waals surface area (Å²) in [4.78, 5) is 38.1. The lowest BCUT2D eigenvalue weighted by molar-refractivity contribution is -0.139. The highest BCUT2D eigenvalue weighted by Gasteiger charge is 2.39. The zero-order chi connectivity index (χ0) is 23.4. The molecule has 0 fully saturated rings. The van der Waals surface area contributed by atoms with Crippen molar-refractivity contribution in [3.05, 3.63) is 93.8 Å². The van der Waals surface area contributed by atoms with E-state index in [1.54, 1.807) is 24.3 Å². The number of carbonyl (C=O) groups is 3. The Morgan fingerprint density at radius 1 is 1.00 bits per heavy atom. The van der Waals surface area contributed by atoms with Gasteiger partial charge in [0.05, 0.1) is 24.9 Å². The van der Waals surface area contributed by atoms with Gasteiger partial charge in [-0.2, -0.15) is 0 Å². The molecule has 1 atom stereocenters. The number of dihydropyridines is 1. The number of allylic oxidation sites excluding steroid dienone is 3. The summed E-state index contributed by atoms with van der Waals surface area (Å²) in [7, 11) is 1.33. The van der Waals surface area contributed by atoms with Crippen LogP contribution in [0.3, 0.4) is 0 Å². The first kappa shape index (κ1) is 22.5. The number of hydrogen-bond acceptors (Lipinski definition) is 6. The highest BCUT2D eigenvalue weighted by molar-refractivity contribution is 6.03. The molecule has 0 aromatic heterocycles. The Kier molecular flexibility index (Phi) is 6.73. The van der Waals surface area contributed by atoms with Crippen LogP contribution in [0.5, 0.6) is 0 Å². The van der Waals surface area contributed by atoms with Crippen LogP contribution in [0.1, 0.15) is 53.6 Å². The average molecular weight is 446 g/mol. The Hall–Kier alpha value is -3.67. The van der Waals surface area contributed by atoms with E-state index in [-0.39, 0.29) is 12.4 Å². The van der Waals surface area contributed by atoms with Crippen molar-refractivity contribution < 1.29 is 23.9 Å². The molecule has 1 N–H and O–H groups in total. The molecule has 0 saturated heterocycles. The largest absolute Gasteiger partial charge is 0.465 e. The Balaban J connectivity index is 1.64. The van der Waals surface area contributed by atoms with Gasteiger partial charge < -0.3 is 14.8 Å². The maximum Gasteiger partial charge on any atom is 0.337 e. The third-order valence-corrected chi connectivity index (χ3v) is 6.13. The third-order valence-electron chi connectivity index (χ3n) is 6.13. The first-order chi connectivity index (χ1) is 16.0. The molecule has 2 aromatic rings. The fourth-order valence-corrected chi connectivity index (χ4v) is 4.50. The number of carbonyl (C=O) groups excluding carboxylic acids is 3. The van der Waals surface area contributed by atoms with Crippen LogP contribution in [-0.2, 0) is 25.5 Å². The Morgan fingerprint density at radius 3 is 2.42 bits per heavy atom. The molecule has 2 aromatic carbocycles. The number of ether oxygens (including phenoxy) is 2. The molecule has 0 saturated carbocycles. The molecule has 1 aliphatic carbocycles. The lowest BCUT2D eigenvalue weighted by atomic mass is 9.75. The van der Waals surface area contributed by atoms with Gasteiger partial charge in [0.15, 0.2) is 5.78 Å². The maximum absolute atomic E-state index is 13.3. The van der Waals surface area contributed by atoms with Crippen molar-refractivity contribution >= 4 is 17.7 Å². The fraction of sp³-hybridized carbons (Fsp3) is 0.296. The van der Waals surface area contributed by atoms with Gasteiger partial charge >= 0.3 is 11.9 Å². The normalized spacial score (nSPS) is 17.9. The standard InChI is InChI=1S/C27H27NO5/c1-17-23(27(31)33-16-15-18-7-4-3-5-8-18)24(25-21(28-17)9-6-10-22(25)29)19-11-13-20(14-12-19)26(30)32-2/h3-5,7-8,11-14,24,28H,6,9-10,15-16H2,1-2H3/t24-/m1/s1. The van der Waals surface area contributed by atoms with Gasteiger partial charge in [-0.25, -0.2) is 9.59 Å². The Morgan fingerprint density at radius 2 is 1.73 bits per heavy atom. The molecule has 6 heteroatoms. The zero-order valence-corrected chi connectivity index (χ0v) is 18.9. The summed E-state index contributed by atoms with van der Waals surface area (Å²) in [6.45, 7) is 2.08. The highest BCUT2D eigenvalue weighted by atomic mass is 16.5. The van der Waals surface area contributed by atoms with E-state index in [1.165, 1.54) is 7.11 Å². The van der Waals surface area contributed by atoms with E-state index < -0.39 is 17.9 Å². The summed E-state index contributed by atoms with van der Waals surface area (Å²) in [6.07, 6.45) is 2.60. The molecule has 2 aliphatic rings. The second-order valence-corrected chi connectivity index (χ2v) is 8.25. The predicted molar refractivity (Wildman–Crippen MR) is 123 cm³/mol. The first-order valence-electron chi connectivity index (χ1n) is 11.1. The molecule has 1 aliphatic heterocycles. The summed E-state index contributed by atoms with van der Waals surface area (Å²) in [5.74, 6) is -1.38. The van der Waals surface area contributed by atoms with Gasteiger partial charge in [0, 0.05) is 35.7 Å². The molecular formula is C27H27NO5. The topological polar surface area (TPSA) is 81.7 Å². The SMILES string of the molecule is COC(=O)c1ccc([C@@H]2C(C(=O)OCCc3ccccc3)=C(C)NC3=C2C(=O)CCC3)cc1. The van der Waals surface area contributed by atoms with Crippen LogP contribution in [0.4, 0.5) is 0 Å². The van der Waals surface area contributed by atoms with Gasteiger partial charge in [-0.05, 0) is 43.0 Å². The van der Waals surface area contributed by atoms with Gasteiger partial charge in [0.1, 0.15) is 0 Å². The second kappa shape index (κ2) is 9.86. The van der Waals surface area contributed by atoms with Crippen molar-refractivity contribution in [2.75, 3.05) is 13.7 Å². The molecule has 0 amide bonds. The van der Waals surface area contributed by atoms with E-state index in [0.717, 1.165) is 29.7 Å². The molecule has 4 rings (SSSR count). The van der Waals surface area contributed by atoms with Crippen molar-refractivity contribution in [2.45, 2.75) is 38.5 Å². The molecule has 1 heterocycles. The molecule has 33 heavy (non-hydrogen) atoms. The summed E-state index contributed by atoms with van der Waals surface area (Å²) in [5, 5.41) is 3.29. The number of methoxy groups -OCH3 is 1. The van der Waals surface area contributed by atoms with Gasteiger partial charge in [-0.3, -0.25) is 4.79 Å². The lowest BCUT2D eigenvalue weighted by Gasteiger charge is -2.34. The number of rotatable bonds is 6.